The van der Waals surface area contributed by atoms with E-state index in [2.05, 4.69) is 28.1 Å². The summed E-state index contributed by atoms with van der Waals surface area (Å²) >= 11 is 1.77. The Balaban J connectivity index is 0.000000446. The Morgan fingerprint density at radius 1 is 1.21 bits per heavy atom. The highest BCUT2D eigenvalue weighted by Crippen LogP contribution is 2.39. The molecule has 1 aliphatic carbocycles. The van der Waals surface area contributed by atoms with Gasteiger partial charge in [0.25, 0.3) is 11.9 Å². The molecule has 1 fully saturated rings. The van der Waals surface area contributed by atoms with Gasteiger partial charge in [-0.15, -0.1) is 11.3 Å². The van der Waals surface area contributed by atoms with Gasteiger partial charge in [0, 0.05) is 47.4 Å². The molecule has 0 bridgehead atoms. The zero-order valence-electron chi connectivity index (χ0n) is 19.7. The van der Waals surface area contributed by atoms with Crippen molar-refractivity contribution in [3.8, 4) is 16.5 Å². The van der Waals surface area contributed by atoms with E-state index in [1.54, 1.807) is 11.3 Å². The van der Waals surface area contributed by atoms with Gasteiger partial charge in [0.05, 0.1) is 0 Å². The normalized spacial score (nSPS) is 17.2. The van der Waals surface area contributed by atoms with E-state index >= 15 is 0 Å². The Morgan fingerprint density at radius 2 is 1.82 bits per heavy atom. The molecule has 6 N–H and O–H groups in total. The minimum absolute atomic E-state index is 0.131. The second kappa shape index (κ2) is 13.0. The Kier molecular flexibility index (Phi) is 10.4. The lowest BCUT2D eigenvalue weighted by molar-refractivity contribution is -0.135. The summed E-state index contributed by atoms with van der Waals surface area (Å²) in [6.45, 7) is 5.53. The number of nitrogens with zero attached hydrogens (tertiary/aromatic N) is 3. The first kappa shape index (κ1) is 27.2. The van der Waals surface area contributed by atoms with E-state index in [4.69, 9.17) is 31.3 Å². The molecule has 184 valence electrons. The van der Waals surface area contributed by atoms with Crippen LogP contribution in [0.25, 0.3) is 10.4 Å². The van der Waals surface area contributed by atoms with Crippen LogP contribution in [0.5, 0.6) is 0 Å². The third-order valence-electron chi connectivity index (χ3n) is 5.48. The molecule has 2 aliphatic rings. The summed E-state index contributed by atoms with van der Waals surface area (Å²) in [4.78, 5) is 27.5. The molecular weight excluding hydrogens is 454 g/mol. The van der Waals surface area contributed by atoms with Crippen molar-refractivity contribution in [2.45, 2.75) is 65.0 Å². The van der Waals surface area contributed by atoms with E-state index < -0.39 is 11.9 Å². The fourth-order valence-electron chi connectivity index (χ4n) is 4.13. The van der Waals surface area contributed by atoms with E-state index in [-0.39, 0.29) is 6.04 Å². The number of rotatable bonds is 3. The minimum atomic E-state index is -0.833. The summed E-state index contributed by atoms with van der Waals surface area (Å²) in [7, 11) is 0. The van der Waals surface area contributed by atoms with Crippen molar-refractivity contribution < 1.29 is 19.8 Å². The summed E-state index contributed by atoms with van der Waals surface area (Å²) < 4.78 is 0. The largest absolute Gasteiger partial charge is 0.481 e. The molecule has 0 saturated carbocycles. The van der Waals surface area contributed by atoms with Crippen LogP contribution < -0.4 is 11.5 Å². The van der Waals surface area contributed by atoms with Gasteiger partial charge in [-0.3, -0.25) is 14.5 Å². The number of carbonyl (C=O) groups is 2. The van der Waals surface area contributed by atoms with Crippen LogP contribution in [-0.2, 0) is 29.0 Å². The number of piperidine rings is 1. The topological polar surface area (TPSA) is 167 Å². The molecule has 0 spiro atoms. The van der Waals surface area contributed by atoms with E-state index in [9.17, 15) is 5.26 Å². The number of fused-ring (bicyclic) bond motifs is 1. The van der Waals surface area contributed by atoms with E-state index in [1.165, 1.54) is 37.2 Å². The molecule has 3 heterocycles. The molecule has 1 aliphatic heterocycles. The number of nitrogens with two attached hydrogens (primary N) is 2. The second-order valence-corrected chi connectivity index (χ2v) is 9.60. The number of nitrogen functional groups attached to an aromatic ring is 1. The van der Waals surface area contributed by atoms with E-state index in [1.807, 2.05) is 0 Å². The van der Waals surface area contributed by atoms with Crippen LogP contribution in [0.3, 0.4) is 0 Å². The van der Waals surface area contributed by atoms with Crippen LogP contribution in [-0.4, -0.2) is 51.2 Å². The zero-order valence-corrected chi connectivity index (χ0v) is 20.5. The van der Waals surface area contributed by atoms with Crippen LogP contribution in [0, 0.1) is 11.3 Å². The van der Waals surface area contributed by atoms with Crippen molar-refractivity contribution in [2.24, 2.45) is 5.73 Å². The molecule has 2 aromatic rings. The highest BCUT2D eigenvalue weighted by atomic mass is 32.1. The SMILES string of the molecule is CC(=O)O.CC(=O)O.N#Cc1c(N)nc2c(c1-c1ccc(CN3CCCCC3)s1)CC(N)CC2. The van der Waals surface area contributed by atoms with Gasteiger partial charge < -0.3 is 21.7 Å². The van der Waals surface area contributed by atoms with Crippen LogP contribution in [0.15, 0.2) is 12.1 Å². The number of aromatic nitrogens is 1. The number of likely N-dealkylation sites (tertiary alicyclic amines) is 1. The third-order valence-corrected chi connectivity index (χ3v) is 6.57. The number of thiophene rings is 1. The van der Waals surface area contributed by atoms with E-state index in [0.29, 0.717) is 11.4 Å². The van der Waals surface area contributed by atoms with Crippen LogP contribution >= 0.6 is 11.3 Å². The molecule has 1 atom stereocenters. The number of carboxylic acid groups (broad SMARTS) is 2. The molecule has 10 heteroatoms. The first-order chi connectivity index (χ1) is 16.1. The molecule has 0 amide bonds. The minimum Gasteiger partial charge on any atom is -0.481 e. The Morgan fingerprint density at radius 3 is 2.41 bits per heavy atom. The zero-order chi connectivity index (χ0) is 25.3. The maximum absolute atomic E-state index is 9.69. The second-order valence-electron chi connectivity index (χ2n) is 8.43. The Hall–Kier alpha value is -3.00. The van der Waals surface area contributed by atoms with Gasteiger partial charge in [0.15, 0.2) is 0 Å². The Bertz CT molecular complexity index is 1020. The first-order valence-electron chi connectivity index (χ1n) is 11.3. The molecular formula is C24H33N5O4S. The number of aryl methyl sites for hydroxylation is 1. The van der Waals surface area contributed by atoms with E-state index in [0.717, 1.165) is 61.4 Å². The summed E-state index contributed by atoms with van der Waals surface area (Å²) in [5.74, 6) is -1.32. The molecule has 1 unspecified atom stereocenters. The molecule has 34 heavy (non-hydrogen) atoms. The van der Waals surface area contributed by atoms with Crippen molar-refractivity contribution in [2.75, 3.05) is 18.8 Å². The number of nitriles is 1. The van der Waals surface area contributed by atoms with Crippen molar-refractivity contribution >= 4 is 29.1 Å². The Labute approximate surface area is 204 Å². The number of hydrogen-bond acceptors (Lipinski definition) is 8. The van der Waals surface area contributed by atoms with Crippen LogP contribution in [0.2, 0.25) is 0 Å². The summed E-state index contributed by atoms with van der Waals surface area (Å²) in [5.41, 5.74) is 15.9. The van der Waals surface area contributed by atoms with Gasteiger partial charge in [-0.05, 0) is 62.9 Å². The summed E-state index contributed by atoms with van der Waals surface area (Å²) in [6, 6.07) is 6.75. The van der Waals surface area contributed by atoms with Crippen molar-refractivity contribution in [3.63, 3.8) is 0 Å². The van der Waals surface area contributed by atoms with Gasteiger partial charge in [-0.25, -0.2) is 4.98 Å². The highest BCUT2D eigenvalue weighted by Gasteiger charge is 2.26. The average molecular weight is 488 g/mol. The van der Waals surface area contributed by atoms with Gasteiger partial charge in [0.2, 0.25) is 0 Å². The number of aliphatic carboxylic acids is 2. The van der Waals surface area contributed by atoms with Gasteiger partial charge in [0.1, 0.15) is 17.5 Å². The van der Waals surface area contributed by atoms with Crippen LogP contribution in [0.4, 0.5) is 5.82 Å². The molecule has 1 saturated heterocycles. The lowest BCUT2D eigenvalue weighted by atomic mass is 9.87. The number of carboxylic acids is 2. The van der Waals surface area contributed by atoms with Crippen LogP contribution in [0.1, 0.15) is 61.2 Å². The highest BCUT2D eigenvalue weighted by molar-refractivity contribution is 7.15. The molecule has 2 aromatic heterocycles. The first-order valence-corrected chi connectivity index (χ1v) is 12.1. The number of anilines is 1. The third kappa shape index (κ3) is 8.09. The number of pyridine rings is 1. The maximum Gasteiger partial charge on any atom is 0.300 e. The monoisotopic (exact) mass is 487 g/mol. The smallest absolute Gasteiger partial charge is 0.300 e. The van der Waals surface area contributed by atoms with Crippen molar-refractivity contribution in [1.29, 1.82) is 5.26 Å². The predicted octanol–water partition coefficient (Wildman–Crippen LogP) is 3.25. The fourth-order valence-corrected chi connectivity index (χ4v) is 5.25. The standard InChI is InChI=1S/C20H25N5S.2C2H4O2/c21-11-16-19(15-10-13(22)4-6-17(15)24-20(16)23)18-7-5-14(26-18)12-25-8-2-1-3-9-25;2*1-2(3)4/h5,7,13H,1-4,6,8-10,12,22H2,(H2,23,24);2*1H3,(H,3,4). The summed E-state index contributed by atoms with van der Waals surface area (Å²) in [5, 5.41) is 24.5. The quantitative estimate of drug-likeness (QED) is 0.508. The average Bonchev–Trinajstić information content (AvgIpc) is 3.21. The lowest BCUT2D eigenvalue weighted by Crippen LogP contribution is -2.29. The molecule has 9 nitrogen and oxygen atoms in total. The van der Waals surface area contributed by atoms with Crippen molar-refractivity contribution in [3.05, 3.63) is 33.8 Å². The molecule has 0 radical (unpaired) electrons. The van der Waals surface area contributed by atoms with Gasteiger partial charge in [-0.2, -0.15) is 5.26 Å². The number of hydrogen-bond donors (Lipinski definition) is 4. The van der Waals surface area contributed by atoms with Gasteiger partial charge >= 0.3 is 0 Å². The van der Waals surface area contributed by atoms with Gasteiger partial charge in [-0.1, -0.05) is 6.42 Å². The summed E-state index contributed by atoms with van der Waals surface area (Å²) in [6.07, 6.45) is 6.47. The lowest BCUT2D eigenvalue weighted by Gasteiger charge is -2.25. The molecule has 4 rings (SSSR count). The predicted molar refractivity (Wildman–Crippen MR) is 132 cm³/mol. The maximum atomic E-state index is 9.69. The molecule has 0 aromatic carbocycles. The van der Waals surface area contributed by atoms with Crippen molar-refractivity contribution in [1.82, 2.24) is 9.88 Å². The fraction of sp³-hybridized carbons (Fsp3) is 0.500.